The lowest BCUT2D eigenvalue weighted by molar-refractivity contribution is -0.138. The van der Waals surface area contributed by atoms with E-state index in [1.807, 2.05) is 0 Å². The third-order valence-electron chi connectivity index (χ3n) is 3.04. The van der Waals surface area contributed by atoms with E-state index in [1.165, 1.54) is 26.2 Å². The van der Waals surface area contributed by atoms with Crippen molar-refractivity contribution in [1.29, 1.82) is 0 Å². The van der Waals surface area contributed by atoms with Gasteiger partial charge in [0.15, 0.2) is 0 Å². The lowest BCUT2D eigenvalue weighted by Gasteiger charge is -2.28. The Balaban J connectivity index is 3.12. The summed E-state index contributed by atoms with van der Waals surface area (Å²) in [6.45, 7) is 2.04. The third kappa shape index (κ3) is 3.71. The maximum absolute atomic E-state index is 12.7. The Morgan fingerprint density at radius 1 is 1.35 bits per heavy atom. The molecule has 1 atom stereocenters. The predicted molar refractivity (Wildman–Crippen MR) is 67.9 cm³/mol. The first kappa shape index (κ1) is 16.5. The van der Waals surface area contributed by atoms with E-state index in [9.17, 15) is 18.0 Å². The van der Waals surface area contributed by atoms with Crippen LogP contribution >= 0.6 is 0 Å². The number of nitrogens with one attached hydrogen (secondary N) is 1. The summed E-state index contributed by atoms with van der Waals surface area (Å²) in [5.74, 6) is -0.757. The first-order chi connectivity index (χ1) is 9.21. The molecule has 1 amide bonds. The zero-order chi connectivity index (χ0) is 15.4. The molecular formula is C13H17F3N2O2. The fourth-order valence-corrected chi connectivity index (χ4v) is 1.74. The lowest BCUT2D eigenvalue weighted by Crippen LogP contribution is -2.51. The summed E-state index contributed by atoms with van der Waals surface area (Å²) in [6.07, 6.45) is -4.47. The molecule has 7 heteroatoms. The number of alkyl halides is 3. The highest BCUT2D eigenvalue weighted by Crippen LogP contribution is 2.32. The fraction of sp³-hybridized carbons (Fsp3) is 0.462. The van der Waals surface area contributed by atoms with Gasteiger partial charge in [-0.3, -0.25) is 10.1 Å². The molecule has 1 unspecified atom stereocenters. The fourth-order valence-electron chi connectivity index (χ4n) is 1.74. The SMILES string of the molecule is COCCNC(C)(C(N)=O)c1cccc(C(F)(F)F)c1. The van der Waals surface area contributed by atoms with Gasteiger partial charge in [-0.2, -0.15) is 13.2 Å². The largest absolute Gasteiger partial charge is 0.416 e. The number of methoxy groups -OCH3 is 1. The zero-order valence-corrected chi connectivity index (χ0v) is 11.3. The van der Waals surface area contributed by atoms with Crippen molar-refractivity contribution in [3.05, 3.63) is 35.4 Å². The van der Waals surface area contributed by atoms with Crippen LogP contribution < -0.4 is 11.1 Å². The van der Waals surface area contributed by atoms with Gasteiger partial charge in [-0.25, -0.2) is 0 Å². The Kier molecular flexibility index (Phi) is 5.13. The molecule has 3 N–H and O–H groups in total. The molecule has 1 aromatic carbocycles. The van der Waals surface area contributed by atoms with Crippen LogP contribution in [-0.2, 0) is 21.2 Å². The van der Waals surface area contributed by atoms with Crippen molar-refractivity contribution in [1.82, 2.24) is 5.32 Å². The molecule has 0 spiro atoms. The normalized spacial score (nSPS) is 14.8. The number of amides is 1. The van der Waals surface area contributed by atoms with Crippen LogP contribution in [-0.4, -0.2) is 26.2 Å². The number of ether oxygens (including phenoxy) is 1. The Labute approximate surface area is 115 Å². The minimum Gasteiger partial charge on any atom is -0.383 e. The van der Waals surface area contributed by atoms with Crippen LogP contribution in [0.1, 0.15) is 18.1 Å². The van der Waals surface area contributed by atoms with Crippen molar-refractivity contribution in [2.45, 2.75) is 18.6 Å². The summed E-state index contributed by atoms with van der Waals surface area (Å²) in [5.41, 5.74) is 3.27. The van der Waals surface area contributed by atoms with Crippen molar-refractivity contribution >= 4 is 5.91 Å². The second kappa shape index (κ2) is 6.23. The first-order valence-corrected chi connectivity index (χ1v) is 5.93. The molecule has 0 saturated heterocycles. The first-order valence-electron chi connectivity index (χ1n) is 5.93. The van der Waals surface area contributed by atoms with Gasteiger partial charge in [-0.1, -0.05) is 12.1 Å². The van der Waals surface area contributed by atoms with E-state index in [0.29, 0.717) is 6.61 Å². The molecule has 0 aliphatic rings. The summed E-state index contributed by atoms with van der Waals surface area (Å²) in [7, 11) is 1.48. The molecule has 0 fully saturated rings. The van der Waals surface area contributed by atoms with Crippen molar-refractivity contribution in [3.8, 4) is 0 Å². The number of halogens is 3. The van der Waals surface area contributed by atoms with Crippen LogP contribution in [0, 0.1) is 0 Å². The van der Waals surface area contributed by atoms with E-state index in [1.54, 1.807) is 0 Å². The van der Waals surface area contributed by atoms with Crippen LogP contribution in [0.5, 0.6) is 0 Å². The summed E-state index contributed by atoms with van der Waals surface area (Å²) in [6, 6.07) is 4.54. The monoisotopic (exact) mass is 290 g/mol. The van der Waals surface area contributed by atoms with Crippen LogP contribution in [0.15, 0.2) is 24.3 Å². The van der Waals surface area contributed by atoms with E-state index >= 15 is 0 Å². The maximum Gasteiger partial charge on any atom is 0.416 e. The minimum atomic E-state index is -4.47. The number of benzene rings is 1. The topological polar surface area (TPSA) is 64.3 Å². The summed E-state index contributed by atoms with van der Waals surface area (Å²) < 4.78 is 43.0. The van der Waals surface area contributed by atoms with Crippen molar-refractivity contribution in [3.63, 3.8) is 0 Å². The van der Waals surface area contributed by atoms with Crippen LogP contribution in [0.3, 0.4) is 0 Å². The van der Waals surface area contributed by atoms with Gasteiger partial charge in [0, 0.05) is 13.7 Å². The molecule has 0 aromatic heterocycles. The Morgan fingerprint density at radius 2 is 1.95 bits per heavy atom. The van der Waals surface area contributed by atoms with Crippen LogP contribution in [0.2, 0.25) is 0 Å². The summed E-state index contributed by atoms with van der Waals surface area (Å²) in [4.78, 5) is 11.6. The molecule has 0 saturated carbocycles. The van der Waals surface area contributed by atoms with Gasteiger partial charge in [0.25, 0.3) is 0 Å². The van der Waals surface area contributed by atoms with Crippen LogP contribution in [0.4, 0.5) is 13.2 Å². The standard InChI is InChI=1S/C13H17F3N2O2/c1-12(11(17)19,18-6-7-20-2)9-4-3-5-10(8-9)13(14,15)16/h3-5,8,18H,6-7H2,1-2H3,(H2,17,19). The number of carbonyl (C=O) groups excluding carboxylic acids is 1. The molecule has 1 aromatic rings. The predicted octanol–water partition coefficient (Wildman–Crippen LogP) is 1.64. The zero-order valence-electron chi connectivity index (χ0n) is 11.3. The number of primary amides is 1. The highest BCUT2D eigenvalue weighted by Gasteiger charge is 2.36. The minimum absolute atomic E-state index is 0.163. The van der Waals surface area contributed by atoms with Crippen molar-refractivity contribution in [2.24, 2.45) is 5.73 Å². The Hall–Kier alpha value is -1.60. The van der Waals surface area contributed by atoms with E-state index in [0.717, 1.165) is 12.1 Å². The molecule has 0 aliphatic carbocycles. The molecule has 20 heavy (non-hydrogen) atoms. The summed E-state index contributed by atoms with van der Waals surface area (Å²) in [5, 5.41) is 2.82. The lowest BCUT2D eigenvalue weighted by atomic mass is 9.90. The molecule has 0 radical (unpaired) electrons. The quantitative estimate of drug-likeness (QED) is 0.783. The van der Waals surface area contributed by atoms with Gasteiger partial charge in [0.1, 0.15) is 5.54 Å². The van der Waals surface area contributed by atoms with Gasteiger partial charge in [-0.15, -0.1) is 0 Å². The average molecular weight is 290 g/mol. The molecule has 4 nitrogen and oxygen atoms in total. The Morgan fingerprint density at radius 3 is 2.45 bits per heavy atom. The number of nitrogens with two attached hydrogens (primary N) is 1. The molecule has 1 rings (SSSR count). The second-order valence-corrected chi connectivity index (χ2v) is 4.49. The highest BCUT2D eigenvalue weighted by atomic mass is 19.4. The number of hydrogen-bond donors (Lipinski definition) is 2. The van der Waals surface area contributed by atoms with Crippen molar-refractivity contribution < 1.29 is 22.7 Å². The van der Waals surface area contributed by atoms with Crippen molar-refractivity contribution in [2.75, 3.05) is 20.3 Å². The Bertz CT molecular complexity index is 477. The molecule has 112 valence electrons. The van der Waals surface area contributed by atoms with Gasteiger partial charge >= 0.3 is 6.18 Å². The highest BCUT2D eigenvalue weighted by molar-refractivity contribution is 5.85. The van der Waals surface area contributed by atoms with Crippen LogP contribution in [0.25, 0.3) is 0 Å². The maximum atomic E-state index is 12.7. The van der Waals surface area contributed by atoms with E-state index in [-0.39, 0.29) is 12.1 Å². The smallest absolute Gasteiger partial charge is 0.383 e. The molecule has 0 aliphatic heterocycles. The van der Waals surface area contributed by atoms with Gasteiger partial charge < -0.3 is 10.5 Å². The molecule has 0 heterocycles. The molecule has 0 bridgehead atoms. The molecular weight excluding hydrogens is 273 g/mol. The summed E-state index contributed by atoms with van der Waals surface area (Å²) >= 11 is 0. The van der Waals surface area contributed by atoms with E-state index in [4.69, 9.17) is 10.5 Å². The number of hydrogen-bond acceptors (Lipinski definition) is 3. The van der Waals surface area contributed by atoms with E-state index < -0.39 is 23.2 Å². The van der Waals surface area contributed by atoms with E-state index in [2.05, 4.69) is 5.32 Å². The van der Waals surface area contributed by atoms with Gasteiger partial charge in [-0.05, 0) is 24.6 Å². The number of rotatable bonds is 6. The van der Waals surface area contributed by atoms with Gasteiger partial charge in [0.05, 0.1) is 12.2 Å². The number of carbonyl (C=O) groups is 1. The van der Waals surface area contributed by atoms with Gasteiger partial charge in [0.2, 0.25) is 5.91 Å². The average Bonchev–Trinajstić information content (AvgIpc) is 2.37. The second-order valence-electron chi connectivity index (χ2n) is 4.49. The third-order valence-corrected chi connectivity index (χ3v) is 3.04.